The van der Waals surface area contributed by atoms with Gasteiger partial charge in [0.25, 0.3) is 0 Å². The van der Waals surface area contributed by atoms with Gasteiger partial charge in [-0.2, -0.15) is 0 Å². The van der Waals surface area contributed by atoms with Crippen LogP contribution < -0.4 is 0 Å². The molecule has 34 heavy (non-hydrogen) atoms. The number of aliphatic hydroxyl groups is 4. The summed E-state index contributed by atoms with van der Waals surface area (Å²) in [5, 5.41) is 38.5. The van der Waals surface area contributed by atoms with E-state index in [-0.39, 0.29) is 13.2 Å². The van der Waals surface area contributed by atoms with Gasteiger partial charge in [0.15, 0.2) is 6.29 Å². The molecular formula is C26H52O8. The minimum atomic E-state index is -1.43. The average molecular weight is 493 g/mol. The van der Waals surface area contributed by atoms with Gasteiger partial charge in [-0.3, -0.25) is 0 Å². The van der Waals surface area contributed by atoms with Gasteiger partial charge in [-0.15, -0.1) is 0 Å². The Balaban J connectivity index is 1.79. The van der Waals surface area contributed by atoms with Crippen LogP contribution in [0.15, 0.2) is 0 Å². The maximum Gasteiger partial charge on any atom is 0.186 e. The number of hydrogen-bond acceptors (Lipinski definition) is 8. The van der Waals surface area contributed by atoms with Crippen LogP contribution in [-0.4, -0.2) is 90.8 Å². The Hall–Kier alpha value is -0.320. The molecule has 0 saturated carbocycles. The first-order chi connectivity index (χ1) is 16.6. The van der Waals surface area contributed by atoms with Crippen molar-refractivity contribution >= 4 is 0 Å². The lowest BCUT2D eigenvalue weighted by atomic mass is 9.99. The van der Waals surface area contributed by atoms with E-state index in [0.29, 0.717) is 13.2 Å². The molecule has 0 aliphatic carbocycles. The standard InChI is InChI=1S/C26H52O8/c1-2-3-4-5-6-7-8-9-10-11-12-13-14-15-16-31-17-18-32-19-20-33-26-25(30)24(29)23(28)22(21-27)34-26/h22-30H,2-21H2,1H3/t22-,23+,24+,25-,26-/m1/s1. The molecule has 204 valence electrons. The van der Waals surface area contributed by atoms with E-state index in [9.17, 15) is 15.3 Å². The Kier molecular flexibility index (Phi) is 20.4. The second kappa shape index (κ2) is 21.9. The van der Waals surface area contributed by atoms with Crippen LogP contribution in [0.4, 0.5) is 0 Å². The van der Waals surface area contributed by atoms with Crippen LogP contribution in [0.2, 0.25) is 0 Å². The maximum atomic E-state index is 9.88. The van der Waals surface area contributed by atoms with Crippen LogP contribution in [0.3, 0.4) is 0 Å². The predicted octanol–water partition coefficient (Wildman–Crippen LogP) is 3.32. The van der Waals surface area contributed by atoms with Gasteiger partial charge in [0.05, 0.1) is 33.0 Å². The van der Waals surface area contributed by atoms with Gasteiger partial charge in [0.2, 0.25) is 0 Å². The van der Waals surface area contributed by atoms with Crippen LogP contribution in [0, 0.1) is 0 Å². The molecule has 0 aromatic rings. The van der Waals surface area contributed by atoms with E-state index in [4.69, 9.17) is 24.1 Å². The van der Waals surface area contributed by atoms with Crippen LogP contribution >= 0.6 is 0 Å². The van der Waals surface area contributed by atoms with Crippen molar-refractivity contribution in [1.29, 1.82) is 0 Å². The van der Waals surface area contributed by atoms with Crippen molar-refractivity contribution < 1.29 is 39.4 Å². The number of hydrogen-bond donors (Lipinski definition) is 4. The van der Waals surface area contributed by atoms with Crippen molar-refractivity contribution in [1.82, 2.24) is 0 Å². The number of aliphatic hydroxyl groups excluding tert-OH is 4. The molecule has 4 N–H and O–H groups in total. The highest BCUT2D eigenvalue weighted by molar-refractivity contribution is 4.88. The predicted molar refractivity (Wildman–Crippen MR) is 132 cm³/mol. The van der Waals surface area contributed by atoms with Crippen molar-refractivity contribution in [3.8, 4) is 0 Å². The Morgan fingerprint density at radius 3 is 1.56 bits per heavy atom. The monoisotopic (exact) mass is 492 g/mol. The van der Waals surface area contributed by atoms with Gasteiger partial charge in [-0.1, -0.05) is 90.4 Å². The molecule has 0 aromatic carbocycles. The molecule has 1 rings (SSSR count). The Morgan fingerprint density at radius 1 is 0.559 bits per heavy atom. The Bertz CT molecular complexity index is 437. The summed E-state index contributed by atoms with van der Waals surface area (Å²) in [6, 6.07) is 0. The summed E-state index contributed by atoms with van der Waals surface area (Å²) in [5.41, 5.74) is 0. The highest BCUT2D eigenvalue weighted by Gasteiger charge is 2.43. The summed E-state index contributed by atoms with van der Waals surface area (Å²) in [4.78, 5) is 0. The normalized spacial score (nSPS) is 25.1. The molecular weight excluding hydrogens is 440 g/mol. The van der Waals surface area contributed by atoms with Crippen LogP contribution in [0.5, 0.6) is 0 Å². The van der Waals surface area contributed by atoms with E-state index in [1.165, 1.54) is 83.5 Å². The molecule has 1 saturated heterocycles. The molecule has 0 aromatic heterocycles. The average Bonchev–Trinajstić information content (AvgIpc) is 2.84. The third kappa shape index (κ3) is 14.9. The first kappa shape index (κ1) is 31.7. The number of ether oxygens (including phenoxy) is 4. The largest absolute Gasteiger partial charge is 0.394 e. The molecule has 0 spiro atoms. The molecule has 0 bridgehead atoms. The lowest BCUT2D eigenvalue weighted by Crippen LogP contribution is -2.59. The first-order valence-corrected chi connectivity index (χ1v) is 13.7. The molecule has 1 aliphatic rings. The molecule has 8 nitrogen and oxygen atoms in total. The van der Waals surface area contributed by atoms with E-state index < -0.39 is 37.3 Å². The van der Waals surface area contributed by atoms with Crippen LogP contribution in [-0.2, 0) is 18.9 Å². The van der Waals surface area contributed by atoms with E-state index >= 15 is 0 Å². The van der Waals surface area contributed by atoms with Gasteiger partial charge in [0.1, 0.15) is 24.4 Å². The second-order valence-electron chi connectivity index (χ2n) is 9.39. The summed E-state index contributed by atoms with van der Waals surface area (Å²) < 4.78 is 21.7. The lowest BCUT2D eigenvalue weighted by Gasteiger charge is -2.39. The van der Waals surface area contributed by atoms with Crippen LogP contribution in [0.1, 0.15) is 96.8 Å². The van der Waals surface area contributed by atoms with Crippen molar-refractivity contribution in [3.63, 3.8) is 0 Å². The number of rotatable bonds is 23. The zero-order valence-electron chi connectivity index (χ0n) is 21.5. The highest BCUT2D eigenvalue weighted by atomic mass is 16.7. The number of unbranched alkanes of at least 4 members (excludes halogenated alkanes) is 13. The molecule has 0 unspecified atom stereocenters. The topological polar surface area (TPSA) is 118 Å². The third-order valence-electron chi connectivity index (χ3n) is 6.37. The quantitative estimate of drug-likeness (QED) is 0.161. The van der Waals surface area contributed by atoms with Crippen molar-refractivity contribution in [3.05, 3.63) is 0 Å². The Morgan fingerprint density at radius 2 is 1.03 bits per heavy atom. The fourth-order valence-corrected chi connectivity index (χ4v) is 4.15. The van der Waals surface area contributed by atoms with Gasteiger partial charge >= 0.3 is 0 Å². The van der Waals surface area contributed by atoms with Gasteiger partial charge < -0.3 is 39.4 Å². The Labute approximate surface area is 206 Å². The summed E-state index contributed by atoms with van der Waals surface area (Å²) in [7, 11) is 0. The molecule has 0 amide bonds. The van der Waals surface area contributed by atoms with E-state index in [1.54, 1.807) is 0 Å². The molecule has 1 fully saturated rings. The summed E-state index contributed by atoms with van der Waals surface area (Å²) in [5.74, 6) is 0. The first-order valence-electron chi connectivity index (χ1n) is 13.7. The molecule has 0 radical (unpaired) electrons. The van der Waals surface area contributed by atoms with E-state index in [0.717, 1.165) is 13.0 Å². The van der Waals surface area contributed by atoms with Crippen LogP contribution in [0.25, 0.3) is 0 Å². The van der Waals surface area contributed by atoms with E-state index in [2.05, 4.69) is 6.92 Å². The highest BCUT2D eigenvalue weighted by Crippen LogP contribution is 2.21. The van der Waals surface area contributed by atoms with Gasteiger partial charge in [-0.05, 0) is 6.42 Å². The fourth-order valence-electron chi connectivity index (χ4n) is 4.15. The fraction of sp³-hybridized carbons (Fsp3) is 1.00. The maximum absolute atomic E-state index is 9.88. The minimum Gasteiger partial charge on any atom is -0.394 e. The van der Waals surface area contributed by atoms with E-state index in [1.807, 2.05) is 0 Å². The summed E-state index contributed by atoms with van der Waals surface area (Å²) >= 11 is 0. The zero-order valence-corrected chi connectivity index (χ0v) is 21.5. The molecule has 8 heteroatoms. The van der Waals surface area contributed by atoms with Crippen molar-refractivity contribution in [2.24, 2.45) is 0 Å². The second-order valence-corrected chi connectivity index (χ2v) is 9.39. The van der Waals surface area contributed by atoms with Gasteiger partial charge in [-0.25, -0.2) is 0 Å². The van der Waals surface area contributed by atoms with Gasteiger partial charge in [0, 0.05) is 6.61 Å². The lowest BCUT2D eigenvalue weighted by molar-refractivity contribution is -0.302. The van der Waals surface area contributed by atoms with Crippen molar-refractivity contribution in [2.75, 3.05) is 39.6 Å². The zero-order chi connectivity index (χ0) is 24.9. The van der Waals surface area contributed by atoms with Crippen molar-refractivity contribution in [2.45, 2.75) is 128 Å². The minimum absolute atomic E-state index is 0.154. The molecule has 5 atom stereocenters. The molecule has 1 heterocycles. The summed E-state index contributed by atoms with van der Waals surface area (Å²) in [6.07, 6.45) is 12.5. The molecule has 1 aliphatic heterocycles. The summed E-state index contributed by atoms with van der Waals surface area (Å²) in [6.45, 7) is 3.97. The smallest absolute Gasteiger partial charge is 0.186 e. The third-order valence-corrected chi connectivity index (χ3v) is 6.37. The SMILES string of the molecule is CCCCCCCCCCCCCCCCOCCOCCO[C@@H]1O[C@H](CO)[C@H](O)[C@H](O)[C@H]1O.